The molecular weight excluding hydrogens is 366 g/mol. The maximum Gasteiger partial charge on any atom is 0.251 e. The first-order valence-electron chi connectivity index (χ1n) is 9.16. The SMILES string of the molecule is CC(NC(=S)Nc1cccc(C(=O)NCc2ccccc2)c1)c1ccccc1. The Bertz CT molecular complexity index is 929. The van der Waals surface area contributed by atoms with Gasteiger partial charge in [-0.2, -0.15) is 0 Å². The Morgan fingerprint density at radius 2 is 1.61 bits per heavy atom. The average molecular weight is 390 g/mol. The molecule has 0 aliphatic heterocycles. The van der Waals surface area contributed by atoms with E-state index in [4.69, 9.17) is 12.2 Å². The van der Waals surface area contributed by atoms with Gasteiger partial charge in [0.25, 0.3) is 5.91 Å². The van der Waals surface area contributed by atoms with Gasteiger partial charge in [-0.1, -0.05) is 66.7 Å². The molecule has 1 atom stereocenters. The highest BCUT2D eigenvalue weighted by molar-refractivity contribution is 7.80. The van der Waals surface area contributed by atoms with Gasteiger partial charge in [0.15, 0.2) is 5.11 Å². The van der Waals surface area contributed by atoms with Crippen LogP contribution >= 0.6 is 12.2 Å². The number of carbonyl (C=O) groups excluding carboxylic acids is 1. The monoisotopic (exact) mass is 389 g/mol. The van der Waals surface area contributed by atoms with Gasteiger partial charge in [0, 0.05) is 17.8 Å². The molecule has 3 rings (SSSR count). The van der Waals surface area contributed by atoms with E-state index in [0.717, 1.165) is 16.8 Å². The van der Waals surface area contributed by atoms with Crippen LogP contribution in [0.4, 0.5) is 5.69 Å². The summed E-state index contributed by atoms with van der Waals surface area (Å²) in [6, 6.07) is 27.3. The van der Waals surface area contributed by atoms with E-state index in [2.05, 4.69) is 35.0 Å². The minimum atomic E-state index is -0.121. The van der Waals surface area contributed by atoms with Crippen LogP contribution in [0.2, 0.25) is 0 Å². The molecule has 0 radical (unpaired) electrons. The van der Waals surface area contributed by atoms with Crippen molar-refractivity contribution in [3.8, 4) is 0 Å². The molecule has 5 heteroatoms. The molecule has 1 unspecified atom stereocenters. The predicted molar refractivity (Wildman–Crippen MR) is 118 cm³/mol. The van der Waals surface area contributed by atoms with Crippen molar-refractivity contribution >= 4 is 28.9 Å². The summed E-state index contributed by atoms with van der Waals surface area (Å²) in [6.45, 7) is 2.54. The first kappa shape index (κ1) is 19.6. The first-order chi connectivity index (χ1) is 13.6. The van der Waals surface area contributed by atoms with E-state index in [1.807, 2.05) is 60.7 Å². The second-order valence-electron chi connectivity index (χ2n) is 6.48. The second-order valence-corrected chi connectivity index (χ2v) is 6.89. The van der Waals surface area contributed by atoms with Crippen LogP contribution in [0.5, 0.6) is 0 Å². The van der Waals surface area contributed by atoms with E-state index < -0.39 is 0 Å². The van der Waals surface area contributed by atoms with Crippen LogP contribution in [-0.4, -0.2) is 11.0 Å². The summed E-state index contributed by atoms with van der Waals surface area (Å²) in [7, 11) is 0. The Kier molecular flexibility index (Phi) is 6.76. The zero-order chi connectivity index (χ0) is 19.8. The number of thiocarbonyl (C=S) groups is 1. The molecule has 3 aromatic carbocycles. The van der Waals surface area contributed by atoms with Crippen LogP contribution in [0, 0.1) is 0 Å². The molecule has 0 aliphatic rings. The van der Waals surface area contributed by atoms with Crippen molar-refractivity contribution in [3.63, 3.8) is 0 Å². The fourth-order valence-corrected chi connectivity index (χ4v) is 3.10. The predicted octanol–water partition coefficient (Wildman–Crippen LogP) is 4.66. The summed E-state index contributed by atoms with van der Waals surface area (Å²) >= 11 is 5.41. The van der Waals surface area contributed by atoms with Gasteiger partial charge in [-0.05, 0) is 48.5 Å². The van der Waals surface area contributed by atoms with Crippen molar-refractivity contribution in [1.29, 1.82) is 0 Å². The summed E-state index contributed by atoms with van der Waals surface area (Å²) < 4.78 is 0. The fraction of sp³-hybridized carbons (Fsp3) is 0.130. The number of nitrogens with one attached hydrogen (secondary N) is 3. The van der Waals surface area contributed by atoms with E-state index in [1.54, 1.807) is 12.1 Å². The molecule has 0 spiro atoms. The standard InChI is InChI=1S/C23H23N3OS/c1-17(19-11-6-3-7-12-19)25-23(28)26-21-14-8-13-20(15-21)22(27)24-16-18-9-4-2-5-10-18/h2-15,17H,16H2,1H3,(H,24,27)(H2,25,26,28). The van der Waals surface area contributed by atoms with Gasteiger partial charge in [0.05, 0.1) is 6.04 Å². The largest absolute Gasteiger partial charge is 0.356 e. The second kappa shape index (κ2) is 9.67. The Morgan fingerprint density at radius 3 is 2.32 bits per heavy atom. The van der Waals surface area contributed by atoms with E-state index in [-0.39, 0.29) is 11.9 Å². The highest BCUT2D eigenvalue weighted by Gasteiger charge is 2.09. The number of hydrogen-bond acceptors (Lipinski definition) is 2. The molecule has 142 valence electrons. The van der Waals surface area contributed by atoms with Crippen molar-refractivity contribution in [2.75, 3.05) is 5.32 Å². The molecule has 0 saturated carbocycles. The number of amides is 1. The van der Waals surface area contributed by atoms with Crippen LogP contribution in [-0.2, 0) is 6.54 Å². The third-order valence-electron chi connectivity index (χ3n) is 4.33. The van der Waals surface area contributed by atoms with Gasteiger partial charge in [-0.3, -0.25) is 4.79 Å². The fourth-order valence-electron chi connectivity index (χ4n) is 2.81. The van der Waals surface area contributed by atoms with Gasteiger partial charge in [0.1, 0.15) is 0 Å². The van der Waals surface area contributed by atoms with Crippen molar-refractivity contribution in [2.45, 2.75) is 19.5 Å². The van der Waals surface area contributed by atoms with Gasteiger partial charge in [-0.15, -0.1) is 0 Å². The highest BCUT2D eigenvalue weighted by Crippen LogP contribution is 2.14. The number of benzene rings is 3. The van der Waals surface area contributed by atoms with Crippen LogP contribution in [0.1, 0.15) is 34.5 Å². The molecule has 3 N–H and O–H groups in total. The van der Waals surface area contributed by atoms with E-state index in [1.165, 1.54) is 0 Å². The van der Waals surface area contributed by atoms with E-state index in [0.29, 0.717) is 17.2 Å². The maximum atomic E-state index is 12.4. The molecule has 28 heavy (non-hydrogen) atoms. The number of anilines is 1. The zero-order valence-corrected chi connectivity index (χ0v) is 16.5. The molecule has 0 saturated heterocycles. The molecule has 0 bridgehead atoms. The minimum Gasteiger partial charge on any atom is -0.356 e. The van der Waals surface area contributed by atoms with Gasteiger partial charge in [0.2, 0.25) is 0 Å². The van der Waals surface area contributed by atoms with Crippen LogP contribution in [0.25, 0.3) is 0 Å². The summed E-state index contributed by atoms with van der Waals surface area (Å²) in [5.41, 5.74) is 3.57. The smallest absolute Gasteiger partial charge is 0.251 e. The van der Waals surface area contributed by atoms with Crippen molar-refractivity contribution < 1.29 is 4.79 Å². The third kappa shape index (κ3) is 5.66. The summed E-state index contributed by atoms with van der Waals surface area (Å²) in [6.07, 6.45) is 0. The van der Waals surface area contributed by atoms with Gasteiger partial charge >= 0.3 is 0 Å². The summed E-state index contributed by atoms with van der Waals surface area (Å²) in [5, 5.41) is 9.86. The van der Waals surface area contributed by atoms with E-state index in [9.17, 15) is 4.79 Å². The lowest BCUT2D eigenvalue weighted by Crippen LogP contribution is -2.31. The highest BCUT2D eigenvalue weighted by atomic mass is 32.1. The lowest BCUT2D eigenvalue weighted by Gasteiger charge is -2.17. The molecule has 0 fully saturated rings. The van der Waals surface area contributed by atoms with Gasteiger partial charge in [-0.25, -0.2) is 0 Å². The summed E-state index contributed by atoms with van der Waals surface area (Å²) in [5.74, 6) is -0.121. The van der Waals surface area contributed by atoms with Crippen molar-refractivity contribution in [3.05, 3.63) is 102 Å². The number of hydrogen-bond donors (Lipinski definition) is 3. The Balaban J connectivity index is 1.56. The van der Waals surface area contributed by atoms with Gasteiger partial charge < -0.3 is 16.0 Å². The minimum absolute atomic E-state index is 0.0820. The number of rotatable bonds is 6. The lowest BCUT2D eigenvalue weighted by molar-refractivity contribution is 0.0951. The molecule has 0 aliphatic carbocycles. The van der Waals surface area contributed by atoms with Crippen LogP contribution in [0.15, 0.2) is 84.9 Å². The Labute approximate surface area is 171 Å². The normalized spacial score (nSPS) is 11.3. The molecule has 1 amide bonds. The molecule has 0 aromatic heterocycles. The van der Waals surface area contributed by atoms with Crippen molar-refractivity contribution in [1.82, 2.24) is 10.6 Å². The maximum absolute atomic E-state index is 12.4. The third-order valence-corrected chi connectivity index (χ3v) is 4.55. The topological polar surface area (TPSA) is 53.2 Å². The number of carbonyl (C=O) groups is 1. The van der Waals surface area contributed by atoms with Crippen LogP contribution in [0.3, 0.4) is 0 Å². The average Bonchev–Trinajstić information content (AvgIpc) is 2.73. The van der Waals surface area contributed by atoms with Crippen molar-refractivity contribution in [2.24, 2.45) is 0 Å². The quantitative estimate of drug-likeness (QED) is 0.537. The Morgan fingerprint density at radius 1 is 0.929 bits per heavy atom. The molecule has 0 heterocycles. The Hall–Kier alpha value is -3.18. The van der Waals surface area contributed by atoms with Crippen LogP contribution < -0.4 is 16.0 Å². The zero-order valence-electron chi connectivity index (χ0n) is 15.7. The lowest BCUT2D eigenvalue weighted by atomic mass is 10.1. The molecular formula is C23H23N3OS. The molecule has 4 nitrogen and oxygen atoms in total. The first-order valence-corrected chi connectivity index (χ1v) is 9.57. The summed E-state index contributed by atoms with van der Waals surface area (Å²) in [4.78, 5) is 12.4. The van der Waals surface area contributed by atoms with E-state index >= 15 is 0 Å². The molecule has 3 aromatic rings.